The van der Waals surface area contributed by atoms with Crippen LogP contribution in [-0.2, 0) is 4.74 Å². The maximum Gasteiger partial charge on any atom is 0.0623 e. The number of hydrogen-bond donors (Lipinski definition) is 1. The van der Waals surface area contributed by atoms with Gasteiger partial charge in [0.2, 0.25) is 0 Å². The number of ether oxygens (including phenoxy) is 1. The quantitative estimate of drug-likeness (QED) is 0.818. The lowest BCUT2D eigenvalue weighted by Crippen LogP contribution is -2.43. The zero-order chi connectivity index (χ0) is 11.8. The van der Waals surface area contributed by atoms with Crippen molar-refractivity contribution in [2.24, 2.45) is 23.5 Å². The molecule has 4 unspecified atom stereocenters. The van der Waals surface area contributed by atoms with E-state index in [9.17, 15) is 0 Å². The Hall–Kier alpha value is -0.0800. The minimum atomic E-state index is 0.420. The largest absolute Gasteiger partial charge is 0.375 e. The van der Waals surface area contributed by atoms with Gasteiger partial charge in [0.25, 0.3) is 0 Å². The highest BCUT2D eigenvalue weighted by Crippen LogP contribution is 2.43. The Bertz CT molecular complexity index is 260. The lowest BCUT2D eigenvalue weighted by atomic mass is 9.71. The summed E-state index contributed by atoms with van der Waals surface area (Å²) in [6.45, 7) is 2.33. The van der Waals surface area contributed by atoms with Gasteiger partial charge in [-0.2, -0.15) is 0 Å². The zero-order valence-corrected chi connectivity index (χ0v) is 11.1. The van der Waals surface area contributed by atoms with Crippen LogP contribution in [0.1, 0.15) is 58.3 Å². The van der Waals surface area contributed by atoms with Gasteiger partial charge in [-0.3, -0.25) is 0 Å². The van der Waals surface area contributed by atoms with E-state index in [-0.39, 0.29) is 0 Å². The van der Waals surface area contributed by atoms with E-state index in [1.54, 1.807) is 0 Å². The van der Waals surface area contributed by atoms with Crippen LogP contribution < -0.4 is 5.73 Å². The van der Waals surface area contributed by atoms with Crippen LogP contribution in [0.25, 0.3) is 0 Å². The smallest absolute Gasteiger partial charge is 0.0623 e. The van der Waals surface area contributed by atoms with E-state index in [0.717, 1.165) is 11.8 Å². The lowest BCUT2D eigenvalue weighted by molar-refractivity contribution is 0.0796. The summed E-state index contributed by atoms with van der Waals surface area (Å²) in [5.41, 5.74) is 6.55. The molecule has 0 aromatic carbocycles. The first-order chi connectivity index (χ1) is 8.28. The number of nitrogens with two attached hydrogens (primary N) is 1. The average molecular weight is 237 g/mol. The van der Waals surface area contributed by atoms with Crippen LogP contribution in [0.15, 0.2) is 0 Å². The summed E-state index contributed by atoms with van der Waals surface area (Å²) in [6, 6.07) is 0.420. The first kappa shape index (κ1) is 12.0. The summed E-state index contributed by atoms with van der Waals surface area (Å²) in [4.78, 5) is 0. The minimum absolute atomic E-state index is 0.420. The summed E-state index contributed by atoms with van der Waals surface area (Å²) in [5, 5.41) is 0. The fraction of sp³-hybridized carbons (Fsp3) is 1.00. The minimum Gasteiger partial charge on any atom is -0.375 e. The second-order valence-corrected chi connectivity index (χ2v) is 6.54. The van der Waals surface area contributed by atoms with Gasteiger partial charge in [-0.25, -0.2) is 0 Å². The van der Waals surface area contributed by atoms with Gasteiger partial charge in [-0.15, -0.1) is 0 Å². The van der Waals surface area contributed by atoms with Gasteiger partial charge in [0.1, 0.15) is 0 Å². The summed E-state index contributed by atoms with van der Waals surface area (Å²) >= 11 is 0. The Morgan fingerprint density at radius 3 is 2.41 bits per heavy atom. The van der Waals surface area contributed by atoms with Crippen molar-refractivity contribution in [2.75, 3.05) is 0 Å². The number of hydrogen-bond acceptors (Lipinski definition) is 2. The van der Waals surface area contributed by atoms with E-state index in [0.29, 0.717) is 24.2 Å². The molecule has 2 saturated heterocycles. The molecule has 17 heavy (non-hydrogen) atoms. The van der Waals surface area contributed by atoms with Crippen molar-refractivity contribution in [3.63, 3.8) is 0 Å². The van der Waals surface area contributed by atoms with Crippen molar-refractivity contribution in [1.82, 2.24) is 0 Å². The van der Waals surface area contributed by atoms with E-state index < -0.39 is 0 Å². The Balaban J connectivity index is 1.54. The molecule has 3 fully saturated rings. The van der Waals surface area contributed by atoms with Crippen LogP contribution in [0.3, 0.4) is 0 Å². The van der Waals surface area contributed by atoms with Gasteiger partial charge in [-0.05, 0) is 43.9 Å². The fourth-order valence-electron chi connectivity index (χ4n) is 4.41. The van der Waals surface area contributed by atoms with Crippen molar-refractivity contribution in [1.29, 1.82) is 0 Å². The molecule has 2 nitrogen and oxygen atoms in total. The Morgan fingerprint density at radius 2 is 1.88 bits per heavy atom. The molecule has 3 aliphatic rings. The molecule has 1 aliphatic carbocycles. The van der Waals surface area contributed by atoms with Crippen LogP contribution in [0, 0.1) is 17.8 Å². The maximum atomic E-state index is 6.55. The van der Waals surface area contributed by atoms with Crippen molar-refractivity contribution in [3.05, 3.63) is 0 Å². The molecule has 3 rings (SSSR count). The Kier molecular flexibility index (Phi) is 3.45. The molecule has 2 N–H and O–H groups in total. The van der Waals surface area contributed by atoms with Crippen molar-refractivity contribution in [3.8, 4) is 0 Å². The molecule has 2 bridgehead atoms. The van der Waals surface area contributed by atoms with Gasteiger partial charge < -0.3 is 10.5 Å². The van der Waals surface area contributed by atoms with Gasteiger partial charge >= 0.3 is 0 Å². The van der Waals surface area contributed by atoms with Gasteiger partial charge in [0, 0.05) is 12.0 Å². The highest BCUT2D eigenvalue weighted by atomic mass is 16.5. The highest BCUT2D eigenvalue weighted by Gasteiger charge is 2.45. The van der Waals surface area contributed by atoms with Crippen molar-refractivity contribution in [2.45, 2.75) is 76.5 Å². The van der Waals surface area contributed by atoms with E-state index >= 15 is 0 Å². The van der Waals surface area contributed by atoms with Gasteiger partial charge in [-0.1, -0.05) is 26.2 Å². The fourth-order valence-corrected chi connectivity index (χ4v) is 4.41. The summed E-state index contributed by atoms with van der Waals surface area (Å²) < 4.78 is 5.96. The monoisotopic (exact) mass is 237 g/mol. The van der Waals surface area contributed by atoms with E-state index in [1.807, 2.05) is 0 Å². The lowest BCUT2D eigenvalue weighted by Gasteiger charge is -2.36. The molecule has 1 saturated carbocycles. The molecule has 98 valence electrons. The van der Waals surface area contributed by atoms with E-state index in [4.69, 9.17) is 10.5 Å². The van der Waals surface area contributed by atoms with Crippen LogP contribution >= 0.6 is 0 Å². The number of fused-ring (bicyclic) bond motifs is 2. The molecule has 0 aromatic rings. The molecule has 0 radical (unpaired) electrons. The van der Waals surface area contributed by atoms with Crippen molar-refractivity contribution < 1.29 is 4.74 Å². The first-order valence-electron chi connectivity index (χ1n) is 7.69. The van der Waals surface area contributed by atoms with E-state index in [2.05, 4.69) is 6.92 Å². The average Bonchev–Trinajstić information content (AvgIpc) is 3.00. The standard InChI is InChI=1S/C15H27NO/c1-2-10-3-5-11(6-4-10)15(16)13-9-12-7-8-14(13)17-12/h10-15H,2-9,16H2,1H3. The molecular formula is C15H27NO. The van der Waals surface area contributed by atoms with Gasteiger partial charge in [0.05, 0.1) is 12.2 Å². The summed E-state index contributed by atoms with van der Waals surface area (Å²) in [6.07, 6.45) is 11.8. The maximum absolute atomic E-state index is 6.55. The third-order valence-corrected chi connectivity index (χ3v) is 5.66. The molecular weight excluding hydrogens is 210 g/mol. The van der Waals surface area contributed by atoms with Crippen LogP contribution in [0.5, 0.6) is 0 Å². The summed E-state index contributed by atoms with van der Waals surface area (Å²) in [7, 11) is 0. The van der Waals surface area contributed by atoms with Gasteiger partial charge in [0.15, 0.2) is 0 Å². The topological polar surface area (TPSA) is 35.2 Å². The summed E-state index contributed by atoms with van der Waals surface area (Å²) in [5.74, 6) is 2.44. The predicted octanol–water partition coefficient (Wildman–Crippen LogP) is 3.10. The molecule has 2 heterocycles. The highest BCUT2D eigenvalue weighted by molar-refractivity contribution is 4.96. The molecule has 2 heteroatoms. The predicted molar refractivity (Wildman–Crippen MR) is 69.7 cm³/mol. The first-order valence-corrected chi connectivity index (χ1v) is 7.69. The normalized spacial score (nSPS) is 47.3. The molecule has 0 spiro atoms. The SMILES string of the molecule is CCC1CCC(C(N)C2CC3CCC2O3)CC1. The molecule has 4 atom stereocenters. The van der Waals surface area contributed by atoms with Crippen LogP contribution in [0.4, 0.5) is 0 Å². The van der Waals surface area contributed by atoms with E-state index in [1.165, 1.54) is 51.4 Å². The Morgan fingerprint density at radius 1 is 1.12 bits per heavy atom. The second kappa shape index (κ2) is 4.89. The number of rotatable bonds is 3. The van der Waals surface area contributed by atoms with Crippen LogP contribution in [0.2, 0.25) is 0 Å². The second-order valence-electron chi connectivity index (χ2n) is 6.54. The Labute approximate surface area is 105 Å². The third kappa shape index (κ3) is 2.26. The molecule has 0 aromatic heterocycles. The molecule has 2 aliphatic heterocycles. The zero-order valence-electron chi connectivity index (χ0n) is 11.1. The van der Waals surface area contributed by atoms with Crippen molar-refractivity contribution >= 4 is 0 Å². The van der Waals surface area contributed by atoms with Crippen LogP contribution in [-0.4, -0.2) is 18.2 Å². The molecule has 0 amide bonds. The third-order valence-electron chi connectivity index (χ3n) is 5.66.